The van der Waals surface area contributed by atoms with Gasteiger partial charge in [0.1, 0.15) is 0 Å². The lowest BCUT2D eigenvalue weighted by atomic mass is 10.1. The summed E-state index contributed by atoms with van der Waals surface area (Å²) in [6.07, 6.45) is 0. The summed E-state index contributed by atoms with van der Waals surface area (Å²) >= 11 is 0. The van der Waals surface area contributed by atoms with E-state index < -0.39 is 5.97 Å². The Morgan fingerprint density at radius 2 is 2.11 bits per heavy atom. The number of aryl methyl sites for hydroxylation is 1. The number of aliphatic carboxylic acids is 1. The fraction of sp³-hybridized carbons (Fsp3) is 0.333. The molecule has 2 rings (SSSR count). The first-order valence-electron chi connectivity index (χ1n) is 6.39. The number of benzene rings is 1. The minimum Gasteiger partial charge on any atom is -0.480 e. The largest absolute Gasteiger partial charge is 0.480 e. The van der Waals surface area contributed by atoms with Crippen LogP contribution in [0.2, 0.25) is 0 Å². The molecular formula is C15H18N2O2. The van der Waals surface area contributed by atoms with Gasteiger partial charge in [-0.1, -0.05) is 19.1 Å². The van der Waals surface area contributed by atoms with E-state index in [0.29, 0.717) is 6.54 Å². The highest BCUT2D eigenvalue weighted by Crippen LogP contribution is 2.16. The normalized spacial score (nSPS) is 11.1. The second-order valence-corrected chi connectivity index (χ2v) is 4.68. The number of carboxylic acids is 1. The summed E-state index contributed by atoms with van der Waals surface area (Å²) in [4.78, 5) is 17.1. The quantitative estimate of drug-likeness (QED) is 0.895. The highest BCUT2D eigenvalue weighted by Gasteiger charge is 2.08. The average molecular weight is 258 g/mol. The van der Waals surface area contributed by atoms with Crippen LogP contribution >= 0.6 is 0 Å². The predicted molar refractivity (Wildman–Crippen MR) is 75.1 cm³/mol. The van der Waals surface area contributed by atoms with Crippen molar-refractivity contribution in [3.63, 3.8) is 0 Å². The van der Waals surface area contributed by atoms with E-state index in [1.807, 2.05) is 36.9 Å². The molecule has 0 spiro atoms. The molecule has 0 saturated carbocycles. The summed E-state index contributed by atoms with van der Waals surface area (Å²) in [5, 5.41) is 9.94. The molecule has 1 aromatic heterocycles. The van der Waals surface area contributed by atoms with Gasteiger partial charge in [0.05, 0.1) is 12.1 Å². The number of hydrogen-bond acceptors (Lipinski definition) is 3. The van der Waals surface area contributed by atoms with Gasteiger partial charge >= 0.3 is 5.97 Å². The lowest BCUT2D eigenvalue weighted by Gasteiger charge is -2.18. The Morgan fingerprint density at radius 3 is 2.79 bits per heavy atom. The van der Waals surface area contributed by atoms with Crippen LogP contribution in [0.5, 0.6) is 0 Å². The molecule has 0 radical (unpaired) electrons. The van der Waals surface area contributed by atoms with Gasteiger partial charge < -0.3 is 5.11 Å². The van der Waals surface area contributed by atoms with Gasteiger partial charge in [0, 0.05) is 17.6 Å². The van der Waals surface area contributed by atoms with E-state index in [0.717, 1.165) is 28.7 Å². The van der Waals surface area contributed by atoms with Crippen LogP contribution < -0.4 is 0 Å². The molecule has 0 aliphatic heterocycles. The topological polar surface area (TPSA) is 53.4 Å². The number of carbonyl (C=O) groups is 1. The van der Waals surface area contributed by atoms with Crippen molar-refractivity contribution in [2.45, 2.75) is 20.4 Å². The number of nitrogens with zero attached hydrogens (tertiary/aromatic N) is 2. The number of hydrogen-bond donors (Lipinski definition) is 1. The molecule has 0 saturated heterocycles. The molecule has 1 heterocycles. The van der Waals surface area contributed by atoms with Gasteiger partial charge in [0.15, 0.2) is 0 Å². The Morgan fingerprint density at radius 1 is 1.32 bits per heavy atom. The molecule has 2 aromatic rings. The number of fused-ring (bicyclic) bond motifs is 1. The predicted octanol–water partition coefficient (Wildman–Crippen LogP) is 2.45. The number of rotatable bonds is 5. The Hall–Kier alpha value is -1.94. The van der Waals surface area contributed by atoms with E-state index in [4.69, 9.17) is 5.11 Å². The zero-order valence-corrected chi connectivity index (χ0v) is 11.3. The average Bonchev–Trinajstić information content (AvgIpc) is 2.37. The lowest BCUT2D eigenvalue weighted by molar-refractivity contribution is -0.138. The van der Waals surface area contributed by atoms with E-state index in [1.54, 1.807) is 0 Å². The van der Waals surface area contributed by atoms with Crippen LogP contribution in [0.25, 0.3) is 10.9 Å². The maximum Gasteiger partial charge on any atom is 0.317 e. The molecule has 0 unspecified atom stereocenters. The van der Waals surface area contributed by atoms with Gasteiger partial charge in [-0.3, -0.25) is 14.7 Å². The summed E-state index contributed by atoms with van der Waals surface area (Å²) in [6, 6.07) is 10.1. The molecule has 4 heteroatoms. The Balaban J connectivity index is 2.21. The van der Waals surface area contributed by atoms with Crippen molar-refractivity contribution >= 4 is 16.9 Å². The zero-order chi connectivity index (χ0) is 13.8. The van der Waals surface area contributed by atoms with E-state index in [2.05, 4.69) is 17.1 Å². The van der Waals surface area contributed by atoms with Crippen LogP contribution in [0.1, 0.15) is 18.2 Å². The third-order valence-electron chi connectivity index (χ3n) is 3.11. The van der Waals surface area contributed by atoms with Crippen LogP contribution in [0.3, 0.4) is 0 Å². The first-order valence-corrected chi connectivity index (χ1v) is 6.39. The van der Waals surface area contributed by atoms with Crippen molar-refractivity contribution in [2.24, 2.45) is 0 Å². The number of pyridine rings is 1. The number of carboxylic acid groups (broad SMARTS) is 1. The number of aromatic nitrogens is 1. The van der Waals surface area contributed by atoms with Gasteiger partial charge in [0.25, 0.3) is 0 Å². The SMILES string of the molecule is CCN(CC(=O)O)Cc1ccc2nc(C)ccc2c1. The molecule has 1 N–H and O–H groups in total. The molecule has 0 fully saturated rings. The van der Waals surface area contributed by atoms with E-state index >= 15 is 0 Å². The second-order valence-electron chi connectivity index (χ2n) is 4.68. The molecule has 0 aliphatic rings. The van der Waals surface area contributed by atoms with Crippen molar-refractivity contribution in [2.75, 3.05) is 13.1 Å². The maximum atomic E-state index is 10.8. The van der Waals surface area contributed by atoms with Gasteiger partial charge in [0.2, 0.25) is 0 Å². The fourth-order valence-corrected chi connectivity index (χ4v) is 2.10. The first-order chi connectivity index (χ1) is 9.08. The first kappa shape index (κ1) is 13.5. The smallest absolute Gasteiger partial charge is 0.317 e. The van der Waals surface area contributed by atoms with Gasteiger partial charge in [-0.05, 0) is 37.2 Å². The van der Waals surface area contributed by atoms with E-state index in [-0.39, 0.29) is 6.54 Å². The summed E-state index contributed by atoms with van der Waals surface area (Å²) in [7, 11) is 0. The van der Waals surface area contributed by atoms with Crippen molar-refractivity contribution in [1.82, 2.24) is 9.88 Å². The lowest BCUT2D eigenvalue weighted by Crippen LogP contribution is -2.29. The summed E-state index contributed by atoms with van der Waals surface area (Å²) in [5.74, 6) is -0.792. The Kier molecular flexibility index (Phi) is 4.12. The monoisotopic (exact) mass is 258 g/mol. The summed E-state index contributed by atoms with van der Waals surface area (Å²) < 4.78 is 0. The Labute approximate surface area is 112 Å². The maximum absolute atomic E-state index is 10.8. The fourth-order valence-electron chi connectivity index (χ4n) is 2.10. The standard InChI is InChI=1S/C15H18N2O2/c1-3-17(10-15(18)19)9-12-5-7-14-13(8-12)6-4-11(2)16-14/h4-8H,3,9-10H2,1-2H3,(H,18,19). The van der Waals surface area contributed by atoms with Crippen molar-refractivity contribution in [1.29, 1.82) is 0 Å². The van der Waals surface area contributed by atoms with E-state index in [1.165, 1.54) is 0 Å². The molecule has 100 valence electrons. The van der Waals surface area contributed by atoms with E-state index in [9.17, 15) is 4.79 Å². The molecule has 19 heavy (non-hydrogen) atoms. The highest BCUT2D eigenvalue weighted by molar-refractivity contribution is 5.79. The molecule has 1 aromatic carbocycles. The third-order valence-corrected chi connectivity index (χ3v) is 3.11. The summed E-state index contributed by atoms with van der Waals surface area (Å²) in [5.41, 5.74) is 3.09. The minimum atomic E-state index is -0.792. The molecule has 0 bridgehead atoms. The third kappa shape index (κ3) is 3.51. The second kappa shape index (κ2) is 5.80. The molecule has 0 atom stereocenters. The highest BCUT2D eigenvalue weighted by atomic mass is 16.4. The van der Waals surface area contributed by atoms with Gasteiger partial charge in [-0.15, -0.1) is 0 Å². The number of likely N-dealkylation sites (N-methyl/N-ethyl adjacent to an activating group) is 1. The van der Waals surface area contributed by atoms with Crippen LogP contribution in [-0.2, 0) is 11.3 Å². The van der Waals surface area contributed by atoms with Crippen molar-refractivity contribution in [3.8, 4) is 0 Å². The van der Waals surface area contributed by atoms with Crippen molar-refractivity contribution in [3.05, 3.63) is 41.6 Å². The van der Waals surface area contributed by atoms with Gasteiger partial charge in [-0.2, -0.15) is 0 Å². The Bertz CT molecular complexity index is 596. The van der Waals surface area contributed by atoms with Crippen molar-refractivity contribution < 1.29 is 9.90 Å². The van der Waals surface area contributed by atoms with Gasteiger partial charge in [-0.25, -0.2) is 0 Å². The molecule has 4 nitrogen and oxygen atoms in total. The van der Waals surface area contributed by atoms with Crippen LogP contribution in [0, 0.1) is 6.92 Å². The van der Waals surface area contributed by atoms with Crippen LogP contribution in [0.4, 0.5) is 0 Å². The minimum absolute atomic E-state index is 0.0701. The molecular weight excluding hydrogens is 240 g/mol. The van der Waals surface area contributed by atoms with Crippen LogP contribution in [0.15, 0.2) is 30.3 Å². The van der Waals surface area contributed by atoms with Crippen LogP contribution in [-0.4, -0.2) is 34.0 Å². The molecule has 0 amide bonds. The zero-order valence-electron chi connectivity index (χ0n) is 11.3. The molecule has 0 aliphatic carbocycles. The summed E-state index contributed by atoms with van der Waals surface area (Å²) in [6.45, 7) is 5.37.